The highest BCUT2D eigenvalue weighted by Crippen LogP contribution is 2.17. The number of benzene rings is 1. The molecule has 1 N–H and O–H groups in total. The molecule has 0 aliphatic carbocycles. The van der Waals surface area contributed by atoms with Gasteiger partial charge in [-0.3, -0.25) is 9.59 Å². The third-order valence-electron chi connectivity index (χ3n) is 4.59. The quantitative estimate of drug-likeness (QED) is 0.541. The maximum atomic E-state index is 12.2. The van der Waals surface area contributed by atoms with Gasteiger partial charge in [-0.2, -0.15) is 0 Å². The number of aromatic nitrogens is 2. The molecule has 0 spiro atoms. The van der Waals surface area contributed by atoms with E-state index in [-0.39, 0.29) is 17.4 Å². The lowest BCUT2D eigenvalue weighted by molar-refractivity contribution is -0.116. The van der Waals surface area contributed by atoms with Crippen LogP contribution in [-0.4, -0.2) is 47.6 Å². The minimum Gasteiger partial charge on any atom is -0.453 e. The Morgan fingerprint density at radius 1 is 1.03 bits per heavy atom. The SMILES string of the molecule is CCCC(=O)Nc1ccc(C(=O)COC(=O)c2ccc(N3CCCC3)nn2)cc1. The first kappa shape index (κ1) is 20.4. The van der Waals surface area contributed by atoms with Crippen molar-refractivity contribution in [1.82, 2.24) is 10.2 Å². The van der Waals surface area contributed by atoms with Crippen molar-refractivity contribution in [2.75, 3.05) is 29.9 Å². The zero-order valence-corrected chi connectivity index (χ0v) is 16.4. The highest BCUT2D eigenvalue weighted by atomic mass is 16.5. The van der Waals surface area contributed by atoms with Gasteiger partial charge in [-0.05, 0) is 55.7 Å². The Hall–Kier alpha value is -3.29. The van der Waals surface area contributed by atoms with Crippen LogP contribution < -0.4 is 10.2 Å². The maximum absolute atomic E-state index is 12.2. The van der Waals surface area contributed by atoms with Crippen LogP contribution in [-0.2, 0) is 9.53 Å². The van der Waals surface area contributed by atoms with E-state index in [9.17, 15) is 14.4 Å². The van der Waals surface area contributed by atoms with Gasteiger partial charge in [-0.25, -0.2) is 4.79 Å². The van der Waals surface area contributed by atoms with E-state index in [0.29, 0.717) is 17.7 Å². The van der Waals surface area contributed by atoms with Crippen LogP contribution in [0.15, 0.2) is 36.4 Å². The van der Waals surface area contributed by atoms with E-state index in [4.69, 9.17) is 4.74 Å². The van der Waals surface area contributed by atoms with Gasteiger partial charge in [0, 0.05) is 30.8 Å². The molecule has 1 fully saturated rings. The first-order valence-electron chi connectivity index (χ1n) is 9.75. The minimum atomic E-state index is -0.692. The van der Waals surface area contributed by atoms with E-state index in [1.807, 2.05) is 6.92 Å². The number of nitrogens with zero attached hydrogens (tertiary/aromatic N) is 3. The fraction of sp³-hybridized carbons (Fsp3) is 0.381. The Morgan fingerprint density at radius 3 is 2.38 bits per heavy atom. The number of hydrogen-bond acceptors (Lipinski definition) is 7. The van der Waals surface area contributed by atoms with Crippen molar-refractivity contribution in [2.45, 2.75) is 32.6 Å². The highest BCUT2D eigenvalue weighted by molar-refractivity contribution is 5.99. The highest BCUT2D eigenvalue weighted by Gasteiger charge is 2.17. The molecule has 0 saturated carbocycles. The van der Waals surface area contributed by atoms with Crippen molar-refractivity contribution in [3.05, 3.63) is 47.7 Å². The van der Waals surface area contributed by atoms with Gasteiger partial charge in [0.15, 0.2) is 23.9 Å². The lowest BCUT2D eigenvalue weighted by atomic mass is 10.1. The second kappa shape index (κ2) is 9.77. The van der Waals surface area contributed by atoms with Crippen LogP contribution in [0.25, 0.3) is 0 Å². The maximum Gasteiger partial charge on any atom is 0.359 e. The van der Waals surface area contributed by atoms with Crippen molar-refractivity contribution >= 4 is 29.2 Å². The molecule has 0 radical (unpaired) electrons. The molecule has 152 valence electrons. The number of amides is 1. The molecule has 1 aliphatic heterocycles. The summed E-state index contributed by atoms with van der Waals surface area (Å²) in [5.41, 5.74) is 1.07. The molecule has 1 aromatic heterocycles. The van der Waals surface area contributed by atoms with Crippen LogP contribution in [0.5, 0.6) is 0 Å². The summed E-state index contributed by atoms with van der Waals surface area (Å²) in [5.74, 6) is -0.368. The summed E-state index contributed by atoms with van der Waals surface area (Å²) in [6.45, 7) is 3.41. The average molecular weight is 396 g/mol. The van der Waals surface area contributed by atoms with Gasteiger partial charge < -0.3 is 15.0 Å². The Labute approximate surface area is 169 Å². The van der Waals surface area contributed by atoms with E-state index in [2.05, 4.69) is 20.4 Å². The number of rotatable bonds is 8. The third kappa shape index (κ3) is 5.60. The molecule has 1 amide bonds. The molecule has 1 aliphatic rings. The van der Waals surface area contributed by atoms with Crippen LogP contribution in [0.4, 0.5) is 11.5 Å². The van der Waals surface area contributed by atoms with Crippen molar-refractivity contribution in [2.24, 2.45) is 0 Å². The number of esters is 1. The third-order valence-corrected chi connectivity index (χ3v) is 4.59. The number of carbonyl (C=O) groups is 3. The summed E-state index contributed by atoms with van der Waals surface area (Å²) in [5, 5.41) is 10.7. The fourth-order valence-electron chi connectivity index (χ4n) is 3.03. The van der Waals surface area contributed by atoms with Crippen LogP contribution >= 0.6 is 0 Å². The number of ketones is 1. The number of anilines is 2. The smallest absolute Gasteiger partial charge is 0.359 e. The minimum absolute atomic E-state index is 0.0646. The number of ether oxygens (including phenoxy) is 1. The second-order valence-electron chi connectivity index (χ2n) is 6.85. The molecule has 1 aromatic carbocycles. The van der Waals surface area contributed by atoms with Crippen LogP contribution in [0.3, 0.4) is 0 Å². The van der Waals surface area contributed by atoms with Gasteiger partial charge in [-0.15, -0.1) is 10.2 Å². The Bertz CT molecular complexity index is 859. The number of hydrogen-bond donors (Lipinski definition) is 1. The molecule has 8 heteroatoms. The lowest BCUT2D eigenvalue weighted by Crippen LogP contribution is -2.20. The number of nitrogens with one attached hydrogen (secondary N) is 1. The molecular formula is C21H24N4O4. The standard InChI is InChI=1S/C21H24N4O4/c1-2-5-20(27)22-16-8-6-15(7-9-16)18(26)14-29-21(28)17-10-11-19(24-23-17)25-12-3-4-13-25/h6-11H,2-5,12-14H2,1H3,(H,22,27). The first-order valence-corrected chi connectivity index (χ1v) is 9.75. The molecule has 1 saturated heterocycles. The molecular weight excluding hydrogens is 372 g/mol. The summed E-state index contributed by atoms with van der Waals surface area (Å²) >= 11 is 0. The summed E-state index contributed by atoms with van der Waals surface area (Å²) < 4.78 is 5.06. The molecule has 0 bridgehead atoms. The van der Waals surface area contributed by atoms with E-state index in [1.54, 1.807) is 36.4 Å². The van der Waals surface area contributed by atoms with Gasteiger partial charge >= 0.3 is 5.97 Å². The summed E-state index contributed by atoms with van der Waals surface area (Å²) in [6.07, 6.45) is 3.46. The molecule has 8 nitrogen and oxygen atoms in total. The van der Waals surface area contributed by atoms with E-state index in [0.717, 1.165) is 38.2 Å². The second-order valence-corrected chi connectivity index (χ2v) is 6.85. The molecule has 3 rings (SSSR count). The molecule has 29 heavy (non-hydrogen) atoms. The van der Waals surface area contributed by atoms with Gasteiger partial charge in [0.2, 0.25) is 5.91 Å². The normalized spacial score (nSPS) is 13.2. The first-order chi connectivity index (χ1) is 14.1. The Balaban J connectivity index is 1.50. The van der Waals surface area contributed by atoms with Crippen LogP contribution in [0, 0.1) is 0 Å². The molecule has 0 atom stereocenters. The Kier molecular flexibility index (Phi) is 6.89. The van der Waals surface area contributed by atoms with Crippen molar-refractivity contribution in [3.63, 3.8) is 0 Å². The predicted octanol–water partition coefficient (Wildman–Crippen LogP) is 2.86. The molecule has 2 aromatic rings. The van der Waals surface area contributed by atoms with Gasteiger partial charge in [0.05, 0.1) is 0 Å². The molecule has 2 heterocycles. The van der Waals surface area contributed by atoms with Crippen molar-refractivity contribution < 1.29 is 19.1 Å². The van der Waals surface area contributed by atoms with Gasteiger partial charge in [-0.1, -0.05) is 6.92 Å². The largest absolute Gasteiger partial charge is 0.453 e. The molecule has 0 unspecified atom stereocenters. The summed E-state index contributed by atoms with van der Waals surface area (Å²) in [6, 6.07) is 9.75. The fourth-order valence-corrected chi connectivity index (χ4v) is 3.03. The topological polar surface area (TPSA) is 101 Å². The van der Waals surface area contributed by atoms with Crippen molar-refractivity contribution in [3.8, 4) is 0 Å². The zero-order valence-electron chi connectivity index (χ0n) is 16.4. The van der Waals surface area contributed by atoms with Gasteiger partial charge in [0.25, 0.3) is 0 Å². The van der Waals surface area contributed by atoms with Crippen LogP contribution in [0.2, 0.25) is 0 Å². The average Bonchev–Trinajstić information content (AvgIpc) is 3.27. The summed E-state index contributed by atoms with van der Waals surface area (Å²) in [7, 11) is 0. The van der Waals surface area contributed by atoms with Crippen LogP contribution in [0.1, 0.15) is 53.5 Å². The number of Topliss-reactive ketones (excluding diaryl/α,β-unsaturated/α-hetero) is 1. The van der Waals surface area contributed by atoms with E-state index in [1.165, 1.54) is 0 Å². The van der Waals surface area contributed by atoms with E-state index < -0.39 is 12.6 Å². The Morgan fingerprint density at radius 2 is 1.76 bits per heavy atom. The van der Waals surface area contributed by atoms with E-state index >= 15 is 0 Å². The van der Waals surface area contributed by atoms with Crippen molar-refractivity contribution in [1.29, 1.82) is 0 Å². The summed E-state index contributed by atoms with van der Waals surface area (Å²) in [4.78, 5) is 38.1. The lowest BCUT2D eigenvalue weighted by Gasteiger charge is -2.15. The predicted molar refractivity (Wildman–Crippen MR) is 108 cm³/mol. The number of carbonyl (C=O) groups excluding carboxylic acids is 3. The monoisotopic (exact) mass is 396 g/mol. The zero-order chi connectivity index (χ0) is 20.6. The van der Waals surface area contributed by atoms with Gasteiger partial charge in [0.1, 0.15) is 0 Å².